The summed E-state index contributed by atoms with van der Waals surface area (Å²) in [5, 5.41) is 0. The molecule has 0 aliphatic rings. The number of rotatable bonds is 6. The molecular formula is C16H28N2O. The fraction of sp³-hybridized carbons (Fsp3) is 0.625. The Bertz CT molecular complexity index is 392. The topological polar surface area (TPSA) is 38.5 Å². The lowest BCUT2D eigenvalue weighted by atomic mass is 9.92. The van der Waals surface area contributed by atoms with E-state index >= 15 is 0 Å². The standard InChI is InChI=1S/C16H28N2O/c1-11(10-17)7-15(18(4)5)14-8-12(2)16(19-6)13(3)9-14/h8-9,11,15H,7,10,17H2,1-6H3. The molecule has 3 heteroatoms. The molecule has 0 aliphatic carbocycles. The van der Waals surface area contributed by atoms with Crippen LogP contribution < -0.4 is 10.5 Å². The van der Waals surface area contributed by atoms with Gasteiger partial charge in [-0.05, 0) is 63.5 Å². The summed E-state index contributed by atoms with van der Waals surface area (Å²) in [4.78, 5) is 2.27. The van der Waals surface area contributed by atoms with Crippen LogP contribution in [0, 0.1) is 19.8 Å². The molecule has 0 fully saturated rings. The molecule has 1 aromatic carbocycles. The molecule has 0 saturated heterocycles. The monoisotopic (exact) mass is 264 g/mol. The van der Waals surface area contributed by atoms with E-state index in [-0.39, 0.29) is 0 Å². The minimum Gasteiger partial charge on any atom is -0.496 e. The molecule has 0 bridgehead atoms. The predicted molar refractivity (Wildman–Crippen MR) is 81.7 cm³/mol. The molecule has 108 valence electrons. The average Bonchev–Trinajstić information content (AvgIpc) is 2.34. The van der Waals surface area contributed by atoms with Gasteiger partial charge in [-0.2, -0.15) is 0 Å². The molecule has 3 nitrogen and oxygen atoms in total. The van der Waals surface area contributed by atoms with E-state index in [1.54, 1.807) is 7.11 Å². The summed E-state index contributed by atoms with van der Waals surface area (Å²) in [6.07, 6.45) is 1.08. The highest BCUT2D eigenvalue weighted by Gasteiger charge is 2.19. The predicted octanol–water partition coefficient (Wildman–Crippen LogP) is 2.90. The molecule has 0 heterocycles. The Morgan fingerprint density at radius 2 is 1.74 bits per heavy atom. The minimum atomic E-state index is 0.404. The van der Waals surface area contributed by atoms with Crippen molar-refractivity contribution < 1.29 is 4.74 Å². The summed E-state index contributed by atoms with van der Waals surface area (Å²) in [5.74, 6) is 1.52. The first kappa shape index (κ1) is 16.0. The van der Waals surface area contributed by atoms with Crippen LogP contribution in [-0.2, 0) is 0 Å². The maximum absolute atomic E-state index is 5.77. The van der Waals surface area contributed by atoms with E-state index in [0.29, 0.717) is 12.0 Å². The first-order valence-corrected chi connectivity index (χ1v) is 6.92. The van der Waals surface area contributed by atoms with Gasteiger partial charge in [0.1, 0.15) is 5.75 Å². The van der Waals surface area contributed by atoms with Crippen LogP contribution in [0.4, 0.5) is 0 Å². The second-order valence-electron chi connectivity index (χ2n) is 5.74. The van der Waals surface area contributed by atoms with Gasteiger partial charge in [-0.15, -0.1) is 0 Å². The number of methoxy groups -OCH3 is 1. The lowest BCUT2D eigenvalue weighted by molar-refractivity contribution is 0.255. The Kier molecular flexibility index (Phi) is 5.83. The first-order valence-electron chi connectivity index (χ1n) is 6.92. The Labute approximate surface area is 117 Å². The highest BCUT2D eigenvalue weighted by atomic mass is 16.5. The van der Waals surface area contributed by atoms with Crippen molar-refractivity contribution in [3.63, 3.8) is 0 Å². The van der Waals surface area contributed by atoms with Crippen LogP contribution in [0.2, 0.25) is 0 Å². The summed E-state index contributed by atoms with van der Waals surface area (Å²) in [6, 6.07) is 4.88. The van der Waals surface area contributed by atoms with Crippen molar-refractivity contribution in [2.75, 3.05) is 27.7 Å². The van der Waals surface area contributed by atoms with Crippen LogP contribution in [0.5, 0.6) is 5.75 Å². The number of hydrogen-bond acceptors (Lipinski definition) is 3. The SMILES string of the molecule is COc1c(C)cc(C(CC(C)CN)N(C)C)cc1C. The van der Waals surface area contributed by atoms with Crippen LogP contribution in [-0.4, -0.2) is 32.6 Å². The number of nitrogens with two attached hydrogens (primary N) is 1. The van der Waals surface area contributed by atoms with E-state index in [9.17, 15) is 0 Å². The van der Waals surface area contributed by atoms with E-state index in [2.05, 4.69) is 51.9 Å². The third-order valence-corrected chi connectivity index (χ3v) is 3.72. The number of aryl methyl sites for hydroxylation is 2. The zero-order chi connectivity index (χ0) is 14.6. The summed E-state index contributed by atoms with van der Waals surface area (Å²) in [5.41, 5.74) is 9.51. The third kappa shape index (κ3) is 3.95. The first-order chi connectivity index (χ1) is 8.90. The smallest absolute Gasteiger partial charge is 0.124 e. The summed E-state index contributed by atoms with van der Waals surface area (Å²) < 4.78 is 5.44. The number of ether oxygens (including phenoxy) is 1. The van der Waals surface area contributed by atoms with Gasteiger partial charge in [0.05, 0.1) is 7.11 Å². The molecule has 0 aromatic heterocycles. The van der Waals surface area contributed by atoms with Crippen molar-refractivity contribution in [1.82, 2.24) is 4.90 Å². The molecular weight excluding hydrogens is 236 g/mol. The molecule has 0 saturated carbocycles. The number of benzene rings is 1. The van der Waals surface area contributed by atoms with Crippen LogP contribution in [0.15, 0.2) is 12.1 Å². The van der Waals surface area contributed by atoms with Crippen LogP contribution >= 0.6 is 0 Å². The van der Waals surface area contributed by atoms with Gasteiger partial charge in [-0.1, -0.05) is 19.1 Å². The lowest BCUT2D eigenvalue weighted by Crippen LogP contribution is -2.24. The minimum absolute atomic E-state index is 0.404. The van der Waals surface area contributed by atoms with Crippen molar-refractivity contribution in [3.8, 4) is 5.75 Å². The average molecular weight is 264 g/mol. The maximum Gasteiger partial charge on any atom is 0.124 e. The molecule has 19 heavy (non-hydrogen) atoms. The second-order valence-corrected chi connectivity index (χ2v) is 5.74. The van der Waals surface area contributed by atoms with Crippen molar-refractivity contribution in [3.05, 3.63) is 28.8 Å². The van der Waals surface area contributed by atoms with E-state index in [0.717, 1.165) is 18.7 Å². The molecule has 0 aliphatic heterocycles. The van der Waals surface area contributed by atoms with Crippen molar-refractivity contribution in [1.29, 1.82) is 0 Å². The van der Waals surface area contributed by atoms with Crippen LogP contribution in [0.25, 0.3) is 0 Å². The summed E-state index contributed by atoms with van der Waals surface area (Å²) in [7, 11) is 5.99. The van der Waals surface area contributed by atoms with Gasteiger partial charge in [0.2, 0.25) is 0 Å². The van der Waals surface area contributed by atoms with Crippen molar-refractivity contribution in [2.45, 2.75) is 33.2 Å². The Balaban J connectivity index is 3.10. The van der Waals surface area contributed by atoms with Gasteiger partial charge < -0.3 is 15.4 Å². The molecule has 2 unspecified atom stereocenters. The maximum atomic E-state index is 5.77. The van der Waals surface area contributed by atoms with E-state index in [1.807, 2.05) is 0 Å². The third-order valence-electron chi connectivity index (χ3n) is 3.72. The number of hydrogen-bond donors (Lipinski definition) is 1. The second kappa shape index (κ2) is 6.92. The zero-order valence-electron chi connectivity index (χ0n) is 13.2. The number of nitrogens with zero attached hydrogens (tertiary/aromatic N) is 1. The quantitative estimate of drug-likeness (QED) is 0.858. The van der Waals surface area contributed by atoms with Crippen LogP contribution in [0.1, 0.15) is 36.1 Å². The molecule has 2 atom stereocenters. The molecule has 1 rings (SSSR count). The summed E-state index contributed by atoms with van der Waals surface area (Å²) >= 11 is 0. The van der Waals surface area contributed by atoms with Gasteiger partial charge in [-0.3, -0.25) is 0 Å². The molecule has 0 radical (unpaired) electrons. The fourth-order valence-corrected chi connectivity index (χ4v) is 2.62. The summed E-state index contributed by atoms with van der Waals surface area (Å²) in [6.45, 7) is 7.15. The molecule has 1 aromatic rings. The highest BCUT2D eigenvalue weighted by molar-refractivity contribution is 5.44. The van der Waals surface area contributed by atoms with Gasteiger partial charge in [0, 0.05) is 6.04 Å². The zero-order valence-corrected chi connectivity index (χ0v) is 13.2. The van der Waals surface area contributed by atoms with E-state index in [4.69, 9.17) is 10.5 Å². The Hall–Kier alpha value is -1.06. The van der Waals surface area contributed by atoms with E-state index < -0.39 is 0 Å². The van der Waals surface area contributed by atoms with E-state index in [1.165, 1.54) is 16.7 Å². The normalized spacial score (nSPS) is 14.5. The lowest BCUT2D eigenvalue weighted by Gasteiger charge is -2.28. The largest absolute Gasteiger partial charge is 0.496 e. The Morgan fingerprint density at radius 3 is 2.11 bits per heavy atom. The molecule has 0 spiro atoms. The van der Waals surface area contributed by atoms with Gasteiger partial charge >= 0.3 is 0 Å². The van der Waals surface area contributed by atoms with Crippen LogP contribution in [0.3, 0.4) is 0 Å². The van der Waals surface area contributed by atoms with Crippen molar-refractivity contribution >= 4 is 0 Å². The van der Waals surface area contributed by atoms with Gasteiger partial charge in [0.15, 0.2) is 0 Å². The molecule has 2 N–H and O–H groups in total. The Morgan fingerprint density at radius 1 is 1.21 bits per heavy atom. The highest BCUT2D eigenvalue weighted by Crippen LogP contribution is 2.31. The fourth-order valence-electron chi connectivity index (χ4n) is 2.62. The van der Waals surface area contributed by atoms with Crippen molar-refractivity contribution in [2.24, 2.45) is 11.7 Å². The van der Waals surface area contributed by atoms with Gasteiger partial charge in [0.25, 0.3) is 0 Å². The van der Waals surface area contributed by atoms with Gasteiger partial charge in [-0.25, -0.2) is 0 Å². The molecule has 0 amide bonds.